The molecule has 1 saturated heterocycles. The molecule has 0 N–H and O–H groups in total. The summed E-state index contributed by atoms with van der Waals surface area (Å²) in [4.78, 5) is 47.9. The summed E-state index contributed by atoms with van der Waals surface area (Å²) < 4.78 is 7.61. The molecule has 230 valence electrons. The third-order valence-corrected chi connectivity index (χ3v) is 8.66. The number of unbranched alkanes of at least 4 members (excludes halogenated alkanes) is 1. The minimum Gasteiger partial charge on any atom is -0.379 e. The molecule has 1 fully saturated rings. The van der Waals surface area contributed by atoms with Gasteiger partial charge >= 0.3 is 5.97 Å². The monoisotopic (exact) mass is 595 g/mol. The van der Waals surface area contributed by atoms with E-state index in [1.807, 2.05) is 73.3 Å². The minimum atomic E-state index is -0.902. The lowest BCUT2D eigenvalue weighted by molar-refractivity contribution is -0.159. The Kier molecular flexibility index (Phi) is 9.42. The maximum atomic E-state index is 13.9. The number of rotatable bonds is 11. The number of aryl methyl sites for hydroxylation is 2. The van der Waals surface area contributed by atoms with Crippen molar-refractivity contribution >= 4 is 45.1 Å². The smallest absolute Gasteiger partial charge is 0.354 e. The van der Waals surface area contributed by atoms with Gasteiger partial charge in [-0.05, 0) is 82.5 Å². The summed E-state index contributed by atoms with van der Waals surface area (Å²) in [6.45, 7) is 12.7. The molecule has 4 aromatic rings. The number of oxime groups is 1. The van der Waals surface area contributed by atoms with E-state index < -0.39 is 11.5 Å². The summed E-state index contributed by atoms with van der Waals surface area (Å²) in [5, 5.41) is 5.94. The molecule has 3 aromatic carbocycles. The fourth-order valence-corrected chi connectivity index (χ4v) is 5.88. The molecule has 0 radical (unpaired) electrons. The fourth-order valence-electron chi connectivity index (χ4n) is 5.88. The van der Waals surface area contributed by atoms with Gasteiger partial charge in [0, 0.05) is 58.1 Å². The van der Waals surface area contributed by atoms with Crippen molar-refractivity contribution in [3.63, 3.8) is 0 Å². The first-order chi connectivity index (χ1) is 21.2. The van der Waals surface area contributed by atoms with Crippen LogP contribution < -0.4 is 0 Å². The van der Waals surface area contributed by atoms with E-state index in [0.717, 1.165) is 46.8 Å². The largest absolute Gasteiger partial charge is 0.379 e. The van der Waals surface area contributed by atoms with E-state index in [0.29, 0.717) is 49.4 Å². The van der Waals surface area contributed by atoms with Gasteiger partial charge in [-0.3, -0.25) is 14.5 Å². The van der Waals surface area contributed by atoms with Gasteiger partial charge in [-0.25, -0.2) is 4.79 Å². The number of Topliss-reactive ketones (excluding diaryl/α,β-unsaturated/α-hetero) is 1. The van der Waals surface area contributed by atoms with Gasteiger partial charge < -0.3 is 14.1 Å². The maximum Gasteiger partial charge on any atom is 0.354 e. The highest BCUT2D eigenvalue weighted by atomic mass is 16.7. The Labute approximate surface area is 258 Å². The predicted octanol–water partition coefficient (Wildman–Crippen LogP) is 6.74. The molecule has 2 heterocycles. The van der Waals surface area contributed by atoms with Crippen molar-refractivity contribution in [2.24, 2.45) is 5.16 Å². The van der Waals surface area contributed by atoms with E-state index in [-0.39, 0.29) is 17.3 Å². The average molecular weight is 596 g/mol. The number of nitrogens with zero attached hydrogens (tertiary/aromatic N) is 3. The summed E-state index contributed by atoms with van der Waals surface area (Å²) in [6, 6.07) is 19.0. The zero-order chi connectivity index (χ0) is 31.4. The molecule has 0 saturated carbocycles. The molecule has 5 rings (SSSR count). The Morgan fingerprint density at radius 2 is 1.55 bits per heavy atom. The van der Waals surface area contributed by atoms with Crippen LogP contribution in [0.25, 0.3) is 21.8 Å². The van der Waals surface area contributed by atoms with Crippen molar-refractivity contribution in [3.8, 4) is 0 Å². The third-order valence-electron chi connectivity index (χ3n) is 8.66. The Morgan fingerprint density at radius 1 is 0.909 bits per heavy atom. The highest BCUT2D eigenvalue weighted by Crippen LogP contribution is 2.32. The van der Waals surface area contributed by atoms with Crippen LogP contribution in [0.5, 0.6) is 0 Å². The van der Waals surface area contributed by atoms with Crippen LogP contribution >= 0.6 is 0 Å². The zero-order valence-electron chi connectivity index (χ0n) is 26.3. The van der Waals surface area contributed by atoms with Crippen LogP contribution in [0.1, 0.15) is 78.8 Å². The quantitative estimate of drug-likeness (QED) is 0.0826. The van der Waals surface area contributed by atoms with Crippen LogP contribution in [0.15, 0.2) is 65.8 Å². The van der Waals surface area contributed by atoms with Gasteiger partial charge in [0.2, 0.25) is 5.78 Å². The molecule has 0 amide bonds. The van der Waals surface area contributed by atoms with Gasteiger partial charge in [0.1, 0.15) is 11.3 Å². The number of benzene rings is 3. The molecule has 8 heteroatoms. The lowest BCUT2D eigenvalue weighted by Gasteiger charge is -2.37. The average Bonchev–Trinajstić information content (AvgIpc) is 3.36. The second kappa shape index (κ2) is 13.2. The van der Waals surface area contributed by atoms with Crippen LogP contribution in [0.3, 0.4) is 0 Å². The maximum absolute atomic E-state index is 13.9. The number of aromatic nitrogens is 1. The fraction of sp³-hybridized carbons (Fsp3) is 0.389. The standard InChI is InChI=1S/C36H41N3O5/c1-6-8-13-30(37-44-35(42)36(4,5)38-18-20-43-21-19-38)34(41)26-15-17-32-29(23-26)28-22-25(14-16-31(28)39(32)7-2)33(40)27-12-10-9-11-24(27)3/h9-12,14-17,22-23H,6-8,13,18-21H2,1-5H3. The summed E-state index contributed by atoms with van der Waals surface area (Å²) in [7, 11) is 0. The Bertz CT molecular complexity index is 1740. The van der Waals surface area contributed by atoms with E-state index in [1.54, 1.807) is 19.9 Å². The Hall–Kier alpha value is -4.14. The summed E-state index contributed by atoms with van der Waals surface area (Å²) in [5.74, 6) is -0.819. The second-order valence-corrected chi connectivity index (χ2v) is 11.9. The lowest BCUT2D eigenvalue weighted by Crippen LogP contribution is -2.54. The molecule has 0 spiro atoms. The topological polar surface area (TPSA) is 90.2 Å². The van der Waals surface area contributed by atoms with E-state index in [4.69, 9.17) is 9.57 Å². The molecule has 1 aliphatic rings. The van der Waals surface area contributed by atoms with Crippen molar-refractivity contribution in [2.45, 2.75) is 66.0 Å². The normalized spacial score (nSPS) is 14.7. The number of hydrogen-bond acceptors (Lipinski definition) is 7. The number of morpholine rings is 1. The first-order valence-corrected chi connectivity index (χ1v) is 15.5. The lowest BCUT2D eigenvalue weighted by atomic mass is 9.97. The molecule has 0 unspecified atom stereocenters. The van der Waals surface area contributed by atoms with Gasteiger partial charge in [-0.2, -0.15) is 0 Å². The van der Waals surface area contributed by atoms with E-state index >= 15 is 0 Å². The Balaban J connectivity index is 1.50. The van der Waals surface area contributed by atoms with Crippen LogP contribution in [0, 0.1) is 6.92 Å². The van der Waals surface area contributed by atoms with E-state index in [9.17, 15) is 14.4 Å². The molecule has 1 aliphatic heterocycles. The number of carbonyl (C=O) groups is 3. The number of ether oxygens (including phenoxy) is 1. The van der Waals surface area contributed by atoms with E-state index in [1.165, 1.54) is 0 Å². The van der Waals surface area contributed by atoms with Gasteiger partial charge in [-0.1, -0.05) is 42.8 Å². The number of hydrogen-bond donors (Lipinski definition) is 0. The summed E-state index contributed by atoms with van der Waals surface area (Å²) in [6.07, 6.45) is 1.99. The van der Waals surface area contributed by atoms with Crippen molar-refractivity contribution in [1.82, 2.24) is 9.47 Å². The van der Waals surface area contributed by atoms with Crippen molar-refractivity contribution in [2.75, 3.05) is 26.3 Å². The van der Waals surface area contributed by atoms with Gasteiger partial charge in [0.05, 0.1) is 13.2 Å². The number of ketones is 2. The predicted molar refractivity (Wildman–Crippen MR) is 174 cm³/mol. The molecule has 0 atom stereocenters. The molecule has 0 aliphatic carbocycles. The van der Waals surface area contributed by atoms with Crippen LogP contribution in [-0.4, -0.2) is 64.6 Å². The van der Waals surface area contributed by atoms with Crippen LogP contribution in [-0.2, 0) is 20.9 Å². The number of fused-ring (bicyclic) bond motifs is 3. The highest BCUT2D eigenvalue weighted by Gasteiger charge is 2.37. The molecule has 0 bridgehead atoms. The Morgan fingerprint density at radius 3 is 2.18 bits per heavy atom. The highest BCUT2D eigenvalue weighted by molar-refractivity contribution is 6.46. The number of carbonyl (C=O) groups excluding carboxylic acids is 3. The third kappa shape index (κ3) is 6.10. The van der Waals surface area contributed by atoms with E-state index in [2.05, 4.69) is 16.6 Å². The van der Waals surface area contributed by atoms with Crippen LogP contribution in [0.4, 0.5) is 0 Å². The molecule has 1 aromatic heterocycles. The molecular formula is C36H41N3O5. The zero-order valence-corrected chi connectivity index (χ0v) is 26.3. The van der Waals surface area contributed by atoms with Crippen molar-refractivity contribution in [1.29, 1.82) is 0 Å². The summed E-state index contributed by atoms with van der Waals surface area (Å²) in [5.41, 5.74) is 3.94. The first-order valence-electron chi connectivity index (χ1n) is 15.5. The van der Waals surface area contributed by atoms with Crippen molar-refractivity contribution in [3.05, 3.63) is 82.9 Å². The van der Waals surface area contributed by atoms with Gasteiger partial charge in [0.25, 0.3) is 0 Å². The first kappa shape index (κ1) is 31.3. The SMILES string of the molecule is CCCCC(=NOC(=O)C(C)(C)N1CCOCC1)C(=O)c1ccc2c(c1)c1cc(C(=O)c3ccccc3C)ccc1n2CC. The van der Waals surface area contributed by atoms with Gasteiger partial charge in [-0.15, -0.1) is 0 Å². The molecule has 8 nitrogen and oxygen atoms in total. The summed E-state index contributed by atoms with van der Waals surface area (Å²) >= 11 is 0. The minimum absolute atomic E-state index is 0.0366. The van der Waals surface area contributed by atoms with Crippen LogP contribution in [0.2, 0.25) is 0 Å². The molecular weight excluding hydrogens is 554 g/mol. The van der Waals surface area contributed by atoms with Crippen molar-refractivity contribution < 1.29 is 24.0 Å². The van der Waals surface area contributed by atoms with Gasteiger partial charge in [0.15, 0.2) is 5.78 Å². The molecule has 44 heavy (non-hydrogen) atoms. The second-order valence-electron chi connectivity index (χ2n) is 11.9.